The van der Waals surface area contributed by atoms with E-state index in [1.54, 1.807) is 12.1 Å². The van der Waals surface area contributed by atoms with Crippen LogP contribution in [0.15, 0.2) is 25.7 Å². The molecule has 0 aliphatic heterocycles. The smallest absolute Gasteiger partial charge is 0.306 e. The quantitative estimate of drug-likeness (QED) is 0.792. The maximum absolute atomic E-state index is 11.6. The molecule has 0 bridgehead atoms. The van der Waals surface area contributed by atoms with Crippen molar-refractivity contribution in [3.8, 4) is 11.6 Å². The highest BCUT2D eigenvalue weighted by Crippen LogP contribution is 2.22. The Morgan fingerprint density at radius 2 is 2.15 bits per heavy atom. The molecule has 0 radical (unpaired) electrons. The molecule has 0 saturated heterocycles. The number of carbonyl (C=O) groups excluding carboxylic acids is 1. The second-order valence-electron chi connectivity index (χ2n) is 5.20. The van der Waals surface area contributed by atoms with Crippen molar-refractivity contribution in [3.63, 3.8) is 0 Å². The number of halogens is 1. The van der Waals surface area contributed by atoms with Crippen molar-refractivity contribution in [2.45, 2.75) is 39.2 Å². The second-order valence-corrected chi connectivity index (χ2v) is 5.98. The Morgan fingerprint density at radius 3 is 2.75 bits per heavy atom. The minimum Gasteiger partial charge on any atom is -0.460 e. The van der Waals surface area contributed by atoms with Gasteiger partial charge in [-0.05, 0) is 48.8 Å². The Bertz CT molecular complexity index is 598. The van der Waals surface area contributed by atoms with E-state index in [2.05, 4.69) is 26.1 Å². The van der Waals surface area contributed by atoms with Gasteiger partial charge in [-0.2, -0.15) is 4.98 Å². The van der Waals surface area contributed by atoms with Crippen molar-refractivity contribution < 1.29 is 18.5 Å². The van der Waals surface area contributed by atoms with Gasteiger partial charge in [0.15, 0.2) is 10.4 Å². The molecule has 0 amide bonds. The summed E-state index contributed by atoms with van der Waals surface area (Å²) in [4.78, 5) is 15.7. The summed E-state index contributed by atoms with van der Waals surface area (Å²) in [5.41, 5.74) is -0.489. The van der Waals surface area contributed by atoms with Crippen LogP contribution >= 0.6 is 15.9 Å². The number of aromatic nitrogens is 2. The van der Waals surface area contributed by atoms with Gasteiger partial charge in [0.25, 0.3) is 0 Å². The maximum Gasteiger partial charge on any atom is 0.306 e. The van der Waals surface area contributed by atoms with Crippen molar-refractivity contribution in [3.05, 3.63) is 22.7 Å². The fourth-order valence-corrected chi connectivity index (χ4v) is 1.80. The van der Waals surface area contributed by atoms with Crippen LogP contribution in [-0.2, 0) is 16.0 Å². The Labute approximate surface area is 124 Å². The van der Waals surface area contributed by atoms with Gasteiger partial charge in [0.2, 0.25) is 11.7 Å². The molecule has 0 N–H and O–H groups in total. The average Bonchev–Trinajstić information content (AvgIpc) is 2.92. The monoisotopic (exact) mass is 342 g/mol. The fourth-order valence-electron chi connectivity index (χ4n) is 1.49. The first kappa shape index (κ1) is 14.8. The van der Waals surface area contributed by atoms with Gasteiger partial charge >= 0.3 is 5.97 Å². The molecule has 0 aliphatic carbocycles. The molecule has 0 unspecified atom stereocenters. The number of esters is 1. The zero-order chi connectivity index (χ0) is 14.8. The lowest BCUT2D eigenvalue weighted by atomic mass is 10.2. The van der Waals surface area contributed by atoms with E-state index < -0.39 is 5.60 Å². The molecule has 20 heavy (non-hydrogen) atoms. The summed E-state index contributed by atoms with van der Waals surface area (Å²) in [5, 5.41) is 3.80. The SMILES string of the molecule is CC(C)(C)OC(=O)CCc1nc(-c2ccc(Br)o2)no1. The molecular formula is C13H15BrN2O4. The molecule has 6 nitrogen and oxygen atoms in total. The number of rotatable bonds is 4. The molecule has 0 aliphatic rings. The molecule has 0 saturated carbocycles. The van der Waals surface area contributed by atoms with Gasteiger partial charge in [-0.1, -0.05) is 5.16 Å². The summed E-state index contributed by atoms with van der Waals surface area (Å²) in [5.74, 6) is 0.940. The van der Waals surface area contributed by atoms with Crippen molar-refractivity contribution in [2.24, 2.45) is 0 Å². The van der Waals surface area contributed by atoms with E-state index in [-0.39, 0.29) is 12.4 Å². The molecule has 7 heteroatoms. The van der Waals surface area contributed by atoms with E-state index in [0.29, 0.717) is 28.6 Å². The van der Waals surface area contributed by atoms with Gasteiger partial charge in [-0.3, -0.25) is 4.79 Å². The largest absolute Gasteiger partial charge is 0.460 e. The third-order valence-corrected chi connectivity index (χ3v) is 2.65. The molecule has 0 spiro atoms. The highest BCUT2D eigenvalue weighted by Gasteiger charge is 2.18. The molecule has 108 valence electrons. The van der Waals surface area contributed by atoms with Crippen LogP contribution in [0.4, 0.5) is 0 Å². The van der Waals surface area contributed by atoms with Crippen LogP contribution in [0.25, 0.3) is 11.6 Å². The Balaban J connectivity index is 1.92. The van der Waals surface area contributed by atoms with Crippen molar-refractivity contribution in [1.82, 2.24) is 10.1 Å². The first-order chi connectivity index (χ1) is 9.33. The summed E-state index contributed by atoms with van der Waals surface area (Å²) in [6.45, 7) is 5.47. The zero-order valence-electron chi connectivity index (χ0n) is 11.5. The molecule has 0 aromatic carbocycles. The van der Waals surface area contributed by atoms with Gasteiger partial charge in [0.05, 0.1) is 6.42 Å². The zero-order valence-corrected chi connectivity index (χ0v) is 13.1. The number of hydrogen-bond acceptors (Lipinski definition) is 6. The first-order valence-corrected chi connectivity index (χ1v) is 6.93. The van der Waals surface area contributed by atoms with Crippen LogP contribution in [0.5, 0.6) is 0 Å². The topological polar surface area (TPSA) is 78.4 Å². The molecule has 0 fully saturated rings. The summed E-state index contributed by atoms with van der Waals surface area (Å²) >= 11 is 3.20. The van der Waals surface area contributed by atoms with Gasteiger partial charge in [0.1, 0.15) is 5.60 Å². The van der Waals surface area contributed by atoms with Gasteiger partial charge in [-0.25, -0.2) is 0 Å². The molecule has 0 atom stereocenters. The van der Waals surface area contributed by atoms with E-state index in [1.165, 1.54) is 0 Å². The third-order valence-electron chi connectivity index (χ3n) is 2.22. The summed E-state index contributed by atoms with van der Waals surface area (Å²) in [7, 11) is 0. The van der Waals surface area contributed by atoms with Crippen LogP contribution in [0, 0.1) is 0 Å². The summed E-state index contributed by atoms with van der Waals surface area (Å²) in [6, 6.07) is 3.47. The van der Waals surface area contributed by atoms with Gasteiger partial charge in [-0.15, -0.1) is 0 Å². The fraction of sp³-hybridized carbons (Fsp3) is 0.462. The van der Waals surface area contributed by atoms with Crippen LogP contribution in [-0.4, -0.2) is 21.7 Å². The lowest BCUT2D eigenvalue weighted by Gasteiger charge is -2.19. The number of ether oxygens (including phenoxy) is 1. The van der Waals surface area contributed by atoms with Crippen LogP contribution in [0.1, 0.15) is 33.1 Å². The number of aryl methyl sites for hydroxylation is 1. The number of hydrogen-bond donors (Lipinski definition) is 0. The number of carbonyl (C=O) groups is 1. The molecule has 2 aromatic rings. The van der Waals surface area contributed by atoms with Crippen molar-refractivity contribution in [1.29, 1.82) is 0 Å². The number of nitrogens with zero attached hydrogens (tertiary/aromatic N) is 2. The Morgan fingerprint density at radius 1 is 1.40 bits per heavy atom. The van der Waals surface area contributed by atoms with E-state index in [0.717, 1.165) is 0 Å². The highest BCUT2D eigenvalue weighted by atomic mass is 79.9. The lowest BCUT2D eigenvalue weighted by Crippen LogP contribution is -2.24. The Hall–Kier alpha value is -1.63. The minimum absolute atomic E-state index is 0.195. The van der Waals surface area contributed by atoms with Crippen molar-refractivity contribution >= 4 is 21.9 Å². The average molecular weight is 343 g/mol. The van der Waals surface area contributed by atoms with Gasteiger partial charge < -0.3 is 13.7 Å². The normalized spacial score (nSPS) is 11.6. The maximum atomic E-state index is 11.6. The minimum atomic E-state index is -0.489. The van der Waals surface area contributed by atoms with Crippen molar-refractivity contribution in [2.75, 3.05) is 0 Å². The predicted molar refractivity (Wildman–Crippen MR) is 73.9 cm³/mol. The predicted octanol–water partition coefficient (Wildman–Crippen LogP) is 3.37. The van der Waals surface area contributed by atoms with Crippen LogP contribution in [0.2, 0.25) is 0 Å². The molecular weight excluding hydrogens is 328 g/mol. The Kier molecular flexibility index (Phi) is 4.27. The molecule has 2 rings (SSSR count). The standard InChI is InChI=1S/C13H15BrN2O4/c1-13(2,3)19-11(17)7-6-10-15-12(16-20-10)8-4-5-9(14)18-8/h4-5H,6-7H2,1-3H3. The van der Waals surface area contributed by atoms with Crippen LogP contribution < -0.4 is 0 Å². The van der Waals surface area contributed by atoms with E-state index in [4.69, 9.17) is 13.7 Å². The highest BCUT2D eigenvalue weighted by molar-refractivity contribution is 9.10. The van der Waals surface area contributed by atoms with Crippen LogP contribution in [0.3, 0.4) is 0 Å². The van der Waals surface area contributed by atoms with E-state index >= 15 is 0 Å². The number of furan rings is 1. The van der Waals surface area contributed by atoms with E-state index in [9.17, 15) is 4.79 Å². The molecule has 2 aromatic heterocycles. The summed E-state index contributed by atoms with van der Waals surface area (Å²) in [6.07, 6.45) is 0.532. The molecule has 2 heterocycles. The second kappa shape index (κ2) is 5.78. The van der Waals surface area contributed by atoms with E-state index in [1.807, 2.05) is 20.8 Å². The first-order valence-electron chi connectivity index (χ1n) is 6.13. The summed E-state index contributed by atoms with van der Waals surface area (Å²) < 4.78 is 16.2. The third kappa shape index (κ3) is 4.19. The lowest BCUT2D eigenvalue weighted by molar-refractivity contribution is -0.154. The van der Waals surface area contributed by atoms with Gasteiger partial charge in [0, 0.05) is 6.42 Å².